The number of ether oxygens (including phenoxy) is 3. The summed E-state index contributed by atoms with van der Waals surface area (Å²) in [6, 6.07) is 15.5. The standard InChI is InChI=1S/C26H33NO6S/c1-3-13-31-26(30)27-15-19-4-10-22(11-5-19)25-32-23(17-34-14-12-28)18(2)24(33-25)21-8-6-20(16-29)7-9-21/h3-11,18,23-25,28-29H,1,12-17H2,2H3,(H,27,30)/t18-,23+,24+,25+/m1/s1. The Morgan fingerprint density at radius 1 is 1.09 bits per heavy atom. The third-order valence-electron chi connectivity index (χ3n) is 5.66. The Bertz CT molecular complexity index is 905. The van der Waals surface area contributed by atoms with Gasteiger partial charge in [-0.15, -0.1) is 0 Å². The zero-order valence-electron chi connectivity index (χ0n) is 19.4. The third kappa shape index (κ3) is 7.32. The van der Waals surface area contributed by atoms with E-state index in [0.717, 1.165) is 28.0 Å². The summed E-state index contributed by atoms with van der Waals surface area (Å²) in [5, 5.41) is 21.2. The molecule has 0 bridgehead atoms. The van der Waals surface area contributed by atoms with E-state index in [4.69, 9.17) is 14.2 Å². The number of hydrogen-bond acceptors (Lipinski definition) is 7. The Kier molecular flexibility index (Phi) is 10.4. The summed E-state index contributed by atoms with van der Waals surface area (Å²) in [5.74, 6) is 1.51. The predicted octanol–water partition coefficient (Wildman–Crippen LogP) is 4.11. The molecular formula is C26H33NO6S. The van der Waals surface area contributed by atoms with Gasteiger partial charge in [0.25, 0.3) is 0 Å². The second kappa shape index (κ2) is 13.5. The minimum atomic E-state index is -0.544. The summed E-state index contributed by atoms with van der Waals surface area (Å²) >= 11 is 1.66. The molecule has 1 fully saturated rings. The molecule has 0 spiro atoms. The lowest BCUT2D eigenvalue weighted by Gasteiger charge is -2.41. The number of hydrogen-bond donors (Lipinski definition) is 3. The van der Waals surface area contributed by atoms with Crippen LogP contribution in [0.15, 0.2) is 61.2 Å². The number of carbonyl (C=O) groups is 1. The van der Waals surface area contributed by atoms with Gasteiger partial charge in [0.15, 0.2) is 6.29 Å². The van der Waals surface area contributed by atoms with Gasteiger partial charge in [0.1, 0.15) is 6.61 Å². The lowest BCUT2D eigenvalue weighted by Crippen LogP contribution is -2.38. The fourth-order valence-corrected chi connectivity index (χ4v) is 4.64. The van der Waals surface area contributed by atoms with Gasteiger partial charge in [0.2, 0.25) is 0 Å². The largest absolute Gasteiger partial charge is 0.445 e. The molecule has 0 saturated carbocycles. The summed E-state index contributed by atoms with van der Waals surface area (Å²) in [6.07, 6.45) is 0.252. The molecule has 8 heteroatoms. The highest BCUT2D eigenvalue weighted by atomic mass is 32.2. The zero-order chi connectivity index (χ0) is 24.3. The predicted molar refractivity (Wildman–Crippen MR) is 132 cm³/mol. The molecule has 0 aliphatic carbocycles. The van der Waals surface area contributed by atoms with E-state index in [1.807, 2.05) is 48.5 Å². The fourth-order valence-electron chi connectivity index (χ4n) is 3.73. The number of aliphatic hydroxyl groups is 2. The van der Waals surface area contributed by atoms with Crippen LogP contribution < -0.4 is 5.32 Å². The Labute approximate surface area is 205 Å². The van der Waals surface area contributed by atoms with Crippen LogP contribution in [-0.4, -0.2) is 47.1 Å². The van der Waals surface area contributed by atoms with Crippen molar-refractivity contribution < 1.29 is 29.2 Å². The molecule has 2 aromatic rings. The van der Waals surface area contributed by atoms with Crippen molar-refractivity contribution in [3.05, 3.63) is 83.4 Å². The number of rotatable bonds is 11. The Morgan fingerprint density at radius 3 is 2.41 bits per heavy atom. The molecule has 1 heterocycles. The monoisotopic (exact) mass is 487 g/mol. The normalized spacial score (nSPS) is 22.2. The number of nitrogens with one attached hydrogen (secondary N) is 1. The van der Waals surface area contributed by atoms with Crippen LogP contribution in [0.25, 0.3) is 0 Å². The Balaban J connectivity index is 1.72. The highest BCUT2D eigenvalue weighted by Crippen LogP contribution is 2.42. The van der Waals surface area contributed by atoms with Crippen LogP contribution in [0.1, 0.15) is 41.6 Å². The summed E-state index contributed by atoms with van der Waals surface area (Å²) in [6.45, 7) is 6.28. The van der Waals surface area contributed by atoms with Gasteiger partial charge in [0, 0.05) is 29.5 Å². The van der Waals surface area contributed by atoms with Gasteiger partial charge in [-0.2, -0.15) is 11.8 Å². The van der Waals surface area contributed by atoms with E-state index in [0.29, 0.717) is 12.3 Å². The molecule has 1 amide bonds. The molecule has 3 rings (SSSR count). The topological polar surface area (TPSA) is 97.3 Å². The summed E-state index contributed by atoms with van der Waals surface area (Å²) in [4.78, 5) is 11.6. The quantitative estimate of drug-likeness (QED) is 0.324. The van der Waals surface area contributed by atoms with Crippen LogP contribution in [0, 0.1) is 5.92 Å². The first-order valence-corrected chi connectivity index (χ1v) is 12.5. The summed E-state index contributed by atoms with van der Waals surface area (Å²) < 4.78 is 17.7. The van der Waals surface area contributed by atoms with Gasteiger partial charge >= 0.3 is 6.09 Å². The lowest BCUT2D eigenvalue weighted by molar-refractivity contribution is -0.268. The molecule has 34 heavy (non-hydrogen) atoms. The SMILES string of the molecule is C=CCOC(=O)NCc1ccc([C@H]2O[C@@H](CSCCO)[C@@H](C)[C@@H](c3ccc(CO)cc3)O2)cc1. The maximum absolute atomic E-state index is 11.6. The summed E-state index contributed by atoms with van der Waals surface area (Å²) in [7, 11) is 0. The Hall–Kier alpha value is -2.36. The number of benzene rings is 2. The van der Waals surface area contributed by atoms with Gasteiger partial charge in [0.05, 0.1) is 25.4 Å². The second-order valence-electron chi connectivity index (χ2n) is 8.10. The van der Waals surface area contributed by atoms with Crippen LogP contribution in [0.3, 0.4) is 0 Å². The average molecular weight is 488 g/mol. The van der Waals surface area contributed by atoms with Crippen LogP contribution in [0.2, 0.25) is 0 Å². The van der Waals surface area contributed by atoms with Crippen molar-refractivity contribution in [3.63, 3.8) is 0 Å². The van der Waals surface area contributed by atoms with E-state index in [1.165, 1.54) is 6.08 Å². The highest BCUT2D eigenvalue weighted by Gasteiger charge is 2.38. The zero-order valence-corrected chi connectivity index (χ0v) is 20.2. The van der Waals surface area contributed by atoms with Crippen LogP contribution >= 0.6 is 11.8 Å². The molecule has 1 aliphatic rings. The molecule has 1 saturated heterocycles. The van der Waals surface area contributed by atoms with Crippen molar-refractivity contribution in [1.29, 1.82) is 0 Å². The first-order chi connectivity index (χ1) is 16.5. The van der Waals surface area contributed by atoms with E-state index in [9.17, 15) is 15.0 Å². The highest BCUT2D eigenvalue weighted by molar-refractivity contribution is 7.99. The molecule has 184 valence electrons. The van der Waals surface area contributed by atoms with Gasteiger partial charge in [-0.25, -0.2) is 4.79 Å². The molecule has 1 aliphatic heterocycles. The van der Waals surface area contributed by atoms with E-state index in [1.54, 1.807) is 11.8 Å². The van der Waals surface area contributed by atoms with Gasteiger partial charge in [-0.1, -0.05) is 68.1 Å². The van der Waals surface area contributed by atoms with Crippen molar-refractivity contribution >= 4 is 17.9 Å². The van der Waals surface area contributed by atoms with Crippen molar-refractivity contribution in [2.24, 2.45) is 5.92 Å². The minimum absolute atomic E-state index is 0.000697. The van der Waals surface area contributed by atoms with E-state index in [2.05, 4.69) is 18.8 Å². The third-order valence-corrected chi connectivity index (χ3v) is 6.70. The molecule has 0 aromatic heterocycles. The smallest absolute Gasteiger partial charge is 0.407 e. The number of alkyl carbamates (subject to hydrolysis) is 1. The lowest BCUT2D eigenvalue weighted by atomic mass is 9.91. The molecule has 3 N–H and O–H groups in total. The van der Waals surface area contributed by atoms with Gasteiger partial charge < -0.3 is 29.7 Å². The Morgan fingerprint density at radius 2 is 1.76 bits per heavy atom. The maximum atomic E-state index is 11.6. The molecular weight excluding hydrogens is 454 g/mol. The maximum Gasteiger partial charge on any atom is 0.407 e. The number of thioether (sulfide) groups is 1. The second-order valence-corrected chi connectivity index (χ2v) is 9.25. The number of aliphatic hydroxyl groups excluding tert-OH is 2. The van der Waals surface area contributed by atoms with Crippen molar-refractivity contribution in [2.75, 3.05) is 24.7 Å². The average Bonchev–Trinajstić information content (AvgIpc) is 2.87. The van der Waals surface area contributed by atoms with Crippen molar-refractivity contribution in [3.8, 4) is 0 Å². The van der Waals surface area contributed by atoms with Crippen LogP contribution in [0.5, 0.6) is 0 Å². The van der Waals surface area contributed by atoms with Crippen molar-refractivity contribution in [2.45, 2.75) is 38.6 Å². The van der Waals surface area contributed by atoms with E-state index < -0.39 is 12.4 Å². The molecule has 0 unspecified atom stereocenters. The molecule has 7 nitrogen and oxygen atoms in total. The van der Waals surface area contributed by atoms with Crippen LogP contribution in [-0.2, 0) is 27.4 Å². The minimum Gasteiger partial charge on any atom is -0.445 e. The van der Waals surface area contributed by atoms with Gasteiger partial charge in [-0.05, 0) is 16.7 Å². The van der Waals surface area contributed by atoms with E-state index in [-0.39, 0.29) is 37.9 Å². The first kappa shape index (κ1) is 26.2. The summed E-state index contributed by atoms with van der Waals surface area (Å²) in [5.41, 5.74) is 3.70. The molecule has 2 aromatic carbocycles. The molecule has 0 radical (unpaired) electrons. The first-order valence-electron chi connectivity index (χ1n) is 11.3. The number of amides is 1. The fraction of sp³-hybridized carbons (Fsp3) is 0.423. The van der Waals surface area contributed by atoms with E-state index >= 15 is 0 Å². The van der Waals surface area contributed by atoms with Crippen molar-refractivity contribution in [1.82, 2.24) is 5.32 Å². The van der Waals surface area contributed by atoms with Crippen LogP contribution in [0.4, 0.5) is 4.79 Å². The number of carbonyl (C=O) groups excluding carboxylic acids is 1. The van der Waals surface area contributed by atoms with Gasteiger partial charge in [-0.3, -0.25) is 0 Å². The molecule has 4 atom stereocenters.